The van der Waals surface area contributed by atoms with E-state index in [-0.39, 0.29) is 5.91 Å². The molecule has 0 bridgehead atoms. The molecular formula is C18H17N5O. The van der Waals surface area contributed by atoms with E-state index < -0.39 is 0 Å². The van der Waals surface area contributed by atoms with E-state index in [0.29, 0.717) is 30.1 Å². The van der Waals surface area contributed by atoms with Gasteiger partial charge in [0.2, 0.25) is 0 Å². The van der Waals surface area contributed by atoms with E-state index in [9.17, 15) is 4.79 Å². The molecule has 3 aromatic rings. The van der Waals surface area contributed by atoms with E-state index in [2.05, 4.69) is 25.3 Å². The van der Waals surface area contributed by atoms with Crippen LogP contribution in [0.4, 0.5) is 0 Å². The topological polar surface area (TPSA) is 80.7 Å². The summed E-state index contributed by atoms with van der Waals surface area (Å²) in [6.07, 6.45) is 10.1. The van der Waals surface area contributed by atoms with Gasteiger partial charge in [-0.3, -0.25) is 9.78 Å². The summed E-state index contributed by atoms with van der Waals surface area (Å²) in [6, 6.07) is 5.60. The van der Waals surface area contributed by atoms with Gasteiger partial charge < -0.3 is 5.32 Å². The minimum atomic E-state index is -0.213. The zero-order valence-electron chi connectivity index (χ0n) is 13.1. The van der Waals surface area contributed by atoms with Gasteiger partial charge in [0, 0.05) is 42.6 Å². The lowest BCUT2D eigenvalue weighted by Gasteiger charge is -2.07. The number of nitrogens with one attached hydrogen (secondary N) is 1. The molecule has 3 aromatic heterocycles. The summed E-state index contributed by atoms with van der Waals surface area (Å²) in [5, 5.41) is 3.80. The Morgan fingerprint density at radius 3 is 2.71 bits per heavy atom. The SMILES string of the molecule is O=C(NCCc1cnc(C2CC2)nc1)c1nccc2cccnc12. The molecule has 0 spiro atoms. The summed E-state index contributed by atoms with van der Waals surface area (Å²) in [6.45, 7) is 0.510. The third kappa shape index (κ3) is 3.08. The fourth-order valence-electron chi connectivity index (χ4n) is 2.62. The van der Waals surface area contributed by atoms with Gasteiger partial charge in [0.1, 0.15) is 11.3 Å². The molecule has 120 valence electrons. The van der Waals surface area contributed by atoms with Crippen LogP contribution < -0.4 is 5.32 Å². The van der Waals surface area contributed by atoms with Gasteiger partial charge in [0.05, 0.1) is 0 Å². The van der Waals surface area contributed by atoms with E-state index in [4.69, 9.17) is 0 Å². The molecule has 6 nitrogen and oxygen atoms in total. The maximum atomic E-state index is 12.4. The van der Waals surface area contributed by atoms with Crippen LogP contribution in [0.3, 0.4) is 0 Å². The molecule has 1 N–H and O–H groups in total. The maximum Gasteiger partial charge on any atom is 0.272 e. The predicted molar refractivity (Wildman–Crippen MR) is 89.6 cm³/mol. The third-order valence-electron chi connectivity index (χ3n) is 4.10. The van der Waals surface area contributed by atoms with Crippen molar-refractivity contribution in [1.82, 2.24) is 25.3 Å². The Morgan fingerprint density at radius 1 is 1.08 bits per heavy atom. The maximum absolute atomic E-state index is 12.4. The molecule has 0 unspecified atom stereocenters. The Balaban J connectivity index is 1.39. The molecule has 6 heteroatoms. The summed E-state index contributed by atoms with van der Waals surface area (Å²) in [4.78, 5) is 29.6. The summed E-state index contributed by atoms with van der Waals surface area (Å²) < 4.78 is 0. The second-order valence-electron chi connectivity index (χ2n) is 5.96. The van der Waals surface area contributed by atoms with E-state index in [1.165, 1.54) is 12.8 Å². The van der Waals surface area contributed by atoms with Crippen LogP contribution in [0.1, 0.15) is 40.6 Å². The molecule has 0 aliphatic heterocycles. The highest BCUT2D eigenvalue weighted by Crippen LogP contribution is 2.37. The molecule has 1 aliphatic carbocycles. The van der Waals surface area contributed by atoms with Crippen molar-refractivity contribution in [3.63, 3.8) is 0 Å². The Bertz CT molecular complexity index is 869. The van der Waals surface area contributed by atoms with E-state index in [1.807, 2.05) is 30.6 Å². The molecule has 3 heterocycles. The van der Waals surface area contributed by atoms with E-state index in [1.54, 1.807) is 12.4 Å². The number of amides is 1. The predicted octanol–water partition coefficient (Wildman–Crippen LogP) is 2.27. The highest BCUT2D eigenvalue weighted by molar-refractivity contribution is 6.03. The van der Waals surface area contributed by atoms with Gasteiger partial charge in [0.25, 0.3) is 5.91 Å². The van der Waals surface area contributed by atoms with Crippen molar-refractivity contribution in [2.75, 3.05) is 6.54 Å². The first kappa shape index (κ1) is 14.7. The average molecular weight is 319 g/mol. The van der Waals surface area contributed by atoms with Gasteiger partial charge >= 0.3 is 0 Å². The Hall–Kier alpha value is -2.89. The second kappa shape index (κ2) is 6.31. The van der Waals surface area contributed by atoms with Crippen LogP contribution in [0.15, 0.2) is 43.0 Å². The van der Waals surface area contributed by atoms with Gasteiger partial charge in [-0.25, -0.2) is 15.0 Å². The number of pyridine rings is 2. The number of hydrogen-bond donors (Lipinski definition) is 1. The molecule has 0 aromatic carbocycles. The smallest absolute Gasteiger partial charge is 0.272 e. The number of fused-ring (bicyclic) bond motifs is 1. The molecular weight excluding hydrogens is 302 g/mol. The molecule has 1 aliphatic rings. The molecule has 1 amide bonds. The fraction of sp³-hybridized carbons (Fsp3) is 0.278. The normalized spacial score (nSPS) is 13.8. The molecule has 4 rings (SSSR count). The van der Waals surface area contributed by atoms with Crippen molar-refractivity contribution in [2.24, 2.45) is 0 Å². The minimum Gasteiger partial charge on any atom is -0.350 e. The van der Waals surface area contributed by atoms with Crippen molar-refractivity contribution in [1.29, 1.82) is 0 Å². The van der Waals surface area contributed by atoms with Gasteiger partial charge in [-0.05, 0) is 37.0 Å². The van der Waals surface area contributed by atoms with Crippen LogP contribution in [0.2, 0.25) is 0 Å². The first-order chi connectivity index (χ1) is 11.8. The number of rotatable bonds is 5. The summed E-state index contributed by atoms with van der Waals surface area (Å²) in [5.74, 6) is 1.28. The second-order valence-corrected chi connectivity index (χ2v) is 5.96. The lowest BCUT2D eigenvalue weighted by Crippen LogP contribution is -2.27. The summed E-state index contributed by atoms with van der Waals surface area (Å²) in [7, 11) is 0. The van der Waals surface area contributed by atoms with Crippen molar-refractivity contribution in [3.05, 3.63) is 60.1 Å². The molecule has 0 radical (unpaired) electrons. The average Bonchev–Trinajstić information content (AvgIpc) is 3.47. The van der Waals surface area contributed by atoms with E-state index >= 15 is 0 Å². The first-order valence-corrected chi connectivity index (χ1v) is 8.10. The van der Waals surface area contributed by atoms with Crippen LogP contribution in [-0.4, -0.2) is 32.4 Å². The van der Waals surface area contributed by atoms with Crippen molar-refractivity contribution >= 4 is 16.8 Å². The highest BCUT2D eigenvalue weighted by Gasteiger charge is 2.26. The van der Waals surface area contributed by atoms with E-state index in [0.717, 1.165) is 16.8 Å². The number of carbonyl (C=O) groups is 1. The van der Waals surface area contributed by atoms with Crippen molar-refractivity contribution < 1.29 is 4.79 Å². The molecule has 0 atom stereocenters. The van der Waals surface area contributed by atoms with Crippen LogP contribution in [-0.2, 0) is 6.42 Å². The number of carbonyl (C=O) groups excluding carboxylic acids is 1. The van der Waals surface area contributed by atoms with Crippen LogP contribution in [0, 0.1) is 0 Å². The third-order valence-corrected chi connectivity index (χ3v) is 4.10. The van der Waals surface area contributed by atoms with Gasteiger partial charge in [0.15, 0.2) is 5.69 Å². The Labute approximate surface area is 139 Å². The van der Waals surface area contributed by atoms with Crippen LogP contribution >= 0.6 is 0 Å². The largest absolute Gasteiger partial charge is 0.350 e. The van der Waals surface area contributed by atoms with Crippen LogP contribution in [0.5, 0.6) is 0 Å². The zero-order chi connectivity index (χ0) is 16.4. The van der Waals surface area contributed by atoms with Gasteiger partial charge in [-0.15, -0.1) is 0 Å². The zero-order valence-corrected chi connectivity index (χ0v) is 13.1. The molecule has 24 heavy (non-hydrogen) atoms. The lowest BCUT2D eigenvalue weighted by atomic mass is 10.2. The van der Waals surface area contributed by atoms with Crippen molar-refractivity contribution in [2.45, 2.75) is 25.2 Å². The number of hydrogen-bond acceptors (Lipinski definition) is 5. The van der Waals surface area contributed by atoms with Gasteiger partial charge in [-0.1, -0.05) is 6.07 Å². The van der Waals surface area contributed by atoms with Crippen LogP contribution in [0.25, 0.3) is 10.9 Å². The van der Waals surface area contributed by atoms with Gasteiger partial charge in [-0.2, -0.15) is 0 Å². The minimum absolute atomic E-state index is 0.213. The number of aromatic nitrogens is 4. The molecule has 0 saturated heterocycles. The highest BCUT2D eigenvalue weighted by atomic mass is 16.1. The number of nitrogens with zero attached hydrogens (tertiary/aromatic N) is 4. The van der Waals surface area contributed by atoms with Crippen molar-refractivity contribution in [3.8, 4) is 0 Å². The standard InChI is InChI=1S/C18H17N5O/c24-18(16-15-13(6-9-20-16)2-1-7-19-15)21-8-5-12-10-22-17(23-11-12)14-3-4-14/h1-2,6-7,9-11,14H,3-5,8H2,(H,21,24). The quantitative estimate of drug-likeness (QED) is 0.780. The Morgan fingerprint density at radius 2 is 1.92 bits per heavy atom. The summed E-state index contributed by atoms with van der Waals surface area (Å²) in [5.41, 5.74) is 1.99. The fourth-order valence-corrected chi connectivity index (χ4v) is 2.62. The first-order valence-electron chi connectivity index (χ1n) is 8.10. The Kier molecular flexibility index (Phi) is 3.86. The molecule has 1 saturated carbocycles. The molecule has 1 fully saturated rings. The monoisotopic (exact) mass is 319 g/mol. The lowest BCUT2D eigenvalue weighted by molar-refractivity contribution is 0.0951. The summed E-state index contributed by atoms with van der Waals surface area (Å²) >= 11 is 0.